The summed E-state index contributed by atoms with van der Waals surface area (Å²) in [4.78, 5) is 18.4. The second-order valence-corrected chi connectivity index (χ2v) is 6.89. The fourth-order valence-corrected chi connectivity index (χ4v) is 3.13. The highest BCUT2D eigenvalue weighted by Gasteiger charge is 2.31. The number of aliphatic hydroxyl groups is 1. The molecular weight excluding hydrogens is 322 g/mol. The molecule has 1 saturated heterocycles. The smallest absolute Gasteiger partial charge is 0.323 e. The van der Waals surface area contributed by atoms with Crippen LogP contribution in [-0.4, -0.2) is 43.8 Å². The molecule has 0 aliphatic carbocycles. The summed E-state index contributed by atoms with van der Waals surface area (Å²) in [7, 11) is 1.86. The van der Waals surface area contributed by atoms with Crippen molar-refractivity contribution in [2.75, 3.05) is 18.4 Å². The van der Waals surface area contributed by atoms with Crippen molar-refractivity contribution in [2.24, 2.45) is 13.0 Å². The van der Waals surface area contributed by atoms with Gasteiger partial charge in [0.1, 0.15) is 17.7 Å². The summed E-state index contributed by atoms with van der Waals surface area (Å²) in [6.07, 6.45) is 4.50. The highest BCUT2D eigenvalue weighted by molar-refractivity contribution is 5.88. The highest BCUT2D eigenvalue weighted by Crippen LogP contribution is 2.29. The molecule has 8 heteroatoms. The topological polar surface area (TPSA) is 96.4 Å². The van der Waals surface area contributed by atoms with Gasteiger partial charge in [0, 0.05) is 50.4 Å². The first-order valence-corrected chi connectivity index (χ1v) is 8.63. The molecule has 2 amide bonds. The van der Waals surface area contributed by atoms with Gasteiger partial charge in [-0.1, -0.05) is 19.0 Å². The summed E-state index contributed by atoms with van der Waals surface area (Å²) in [6.45, 7) is 5.14. The Bertz CT molecular complexity index is 723. The van der Waals surface area contributed by atoms with Gasteiger partial charge < -0.3 is 19.1 Å². The van der Waals surface area contributed by atoms with Gasteiger partial charge in [0.15, 0.2) is 5.82 Å². The number of nitrogens with zero attached hydrogens (tertiary/aromatic N) is 4. The Hall–Kier alpha value is -2.35. The van der Waals surface area contributed by atoms with E-state index in [1.54, 1.807) is 17.2 Å². The molecule has 2 N–H and O–H groups in total. The predicted octanol–water partition coefficient (Wildman–Crippen LogP) is 2.51. The summed E-state index contributed by atoms with van der Waals surface area (Å²) in [5.74, 6) is 1.96. The first-order valence-electron chi connectivity index (χ1n) is 8.63. The maximum Gasteiger partial charge on any atom is 0.323 e. The van der Waals surface area contributed by atoms with Crippen molar-refractivity contribution in [3.63, 3.8) is 0 Å². The number of aromatic nitrogens is 3. The van der Waals surface area contributed by atoms with Crippen LogP contribution < -0.4 is 5.32 Å². The van der Waals surface area contributed by atoms with Crippen molar-refractivity contribution < 1.29 is 14.4 Å². The van der Waals surface area contributed by atoms with Crippen molar-refractivity contribution in [2.45, 2.75) is 38.7 Å². The molecule has 0 radical (unpaired) electrons. The van der Waals surface area contributed by atoms with E-state index < -0.39 is 6.10 Å². The Morgan fingerprint density at radius 1 is 1.48 bits per heavy atom. The maximum atomic E-state index is 12.5. The molecule has 3 heterocycles. The van der Waals surface area contributed by atoms with Crippen LogP contribution >= 0.6 is 0 Å². The molecular formula is C17H25N5O3. The lowest BCUT2D eigenvalue weighted by Gasteiger charge is -2.34. The molecule has 2 aromatic rings. The van der Waals surface area contributed by atoms with E-state index in [1.165, 1.54) is 0 Å². The van der Waals surface area contributed by atoms with Gasteiger partial charge in [0.2, 0.25) is 0 Å². The van der Waals surface area contributed by atoms with Crippen molar-refractivity contribution in [1.82, 2.24) is 19.6 Å². The van der Waals surface area contributed by atoms with Crippen LogP contribution in [0.2, 0.25) is 0 Å². The lowest BCUT2D eigenvalue weighted by molar-refractivity contribution is 0.0552. The van der Waals surface area contributed by atoms with E-state index in [0.717, 1.165) is 18.6 Å². The first kappa shape index (κ1) is 17.5. The predicted molar refractivity (Wildman–Crippen MR) is 92.1 cm³/mol. The van der Waals surface area contributed by atoms with Gasteiger partial charge in [-0.3, -0.25) is 5.32 Å². The van der Waals surface area contributed by atoms with Gasteiger partial charge in [0.25, 0.3) is 0 Å². The van der Waals surface area contributed by atoms with Gasteiger partial charge in [0.05, 0.1) is 0 Å². The maximum absolute atomic E-state index is 12.5. The molecule has 0 bridgehead atoms. The molecule has 136 valence electrons. The minimum Gasteiger partial charge on any atom is -0.385 e. The number of carbonyl (C=O) groups excluding carboxylic acids is 1. The van der Waals surface area contributed by atoms with Crippen molar-refractivity contribution in [1.29, 1.82) is 0 Å². The molecule has 2 unspecified atom stereocenters. The van der Waals surface area contributed by atoms with E-state index in [-0.39, 0.29) is 17.9 Å². The Morgan fingerprint density at radius 3 is 2.92 bits per heavy atom. The molecule has 1 aliphatic heterocycles. The van der Waals surface area contributed by atoms with Crippen LogP contribution in [0.1, 0.15) is 50.3 Å². The molecule has 25 heavy (non-hydrogen) atoms. The minimum absolute atomic E-state index is 0.0378. The number of carbonyl (C=O) groups is 1. The summed E-state index contributed by atoms with van der Waals surface area (Å²) in [5.41, 5.74) is 0. The van der Waals surface area contributed by atoms with E-state index in [2.05, 4.69) is 15.5 Å². The number of hydrogen-bond donors (Lipinski definition) is 2. The second kappa shape index (κ2) is 7.26. The number of imidazole rings is 1. The first-order chi connectivity index (χ1) is 12.0. The fourth-order valence-electron chi connectivity index (χ4n) is 3.13. The molecule has 1 fully saturated rings. The van der Waals surface area contributed by atoms with Crippen LogP contribution in [0.5, 0.6) is 0 Å². The Kier molecular flexibility index (Phi) is 5.08. The van der Waals surface area contributed by atoms with Crippen LogP contribution in [-0.2, 0) is 7.05 Å². The number of anilines is 1. The lowest BCUT2D eigenvalue weighted by atomic mass is 9.92. The zero-order chi connectivity index (χ0) is 18.0. The number of piperidine rings is 1. The van der Waals surface area contributed by atoms with E-state index >= 15 is 0 Å². The molecule has 8 nitrogen and oxygen atoms in total. The number of aryl methyl sites for hydroxylation is 1. The zero-order valence-corrected chi connectivity index (χ0v) is 14.8. The Balaban J connectivity index is 1.62. The number of aliphatic hydroxyl groups excluding tert-OH is 1. The van der Waals surface area contributed by atoms with E-state index in [1.807, 2.05) is 31.7 Å². The van der Waals surface area contributed by atoms with Crippen molar-refractivity contribution >= 4 is 11.8 Å². The number of nitrogens with one attached hydrogen (secondary N) is 1. The van der Waals surface area contributed by atoms with E-state index in [4.69, 9.17) is 4.52 Å². The highest BCUT2D eigenvalue weighted by atomic mass is 16.5. The zero-order valence-electron chi connectivity index (χ0n) is 14.8. The molecule has 2 aromatic heterocycles. The van der Waals surface area contributed by atoms with Gasteiger partial charge >= 0.3 is 6.03 Å². The van der Waals surface area contributed by atoms with E-state index in [9.17, 15) is 9.90 Å². The third-order valence-electron chi connectivity index (χ3n) is 4.65. The Labute approximate surface area is 146 Å². The number of amides is 2. The van der Waals surface area contributed by atoms with Gasteiger partial charge in [-0.15, -0.1) is 0 Å². The van der Waals surface area contributed by atoms with Crippen LogP contribution in [0.3, 0.4) is 0 Å². The van der Waals surface area contributed by atoms with Crippen molar-refractivity contribution in [3.8, 4) is 0 Å². The minimum atomic E-state index is -0.685. The molecule has 0 aromatic carbocycles. The lowest BCUT2D eigenvalue weighted by Crippen LogP contribution is -2.44. The standard InChI is InChI=1S/C17H25N5O3/c1-11(2)13-9-14(20-25-13)19-17(24)22-7-4-5-12(10-22)15(23)16-18-6-8-21(16)3/h6,8-9,11-12,15,23H,4-5,7,10H2,1-3H3,(H,19,20,24). The van der Waals surface area contributed by atoms with Crippen LogP contribution in [0.25, 0.3) is 0 Å². The van der Waals surface area contributed by atoms with Gasteiger partial charge in [-0.25, -0.2) is 9.78 Å². The van der Waals surface area contributed by atoms with Crippen molar-refractivity contribution in [3.05, 3.63) is 30.0 Å². The Morgan fingerprint density at radius 2 is 2.28 bits per heavy atom. The van der Waals surface area contributed by atoms with Crippen LogP contribution in [0.15, 0.2) is 23.0 Å². The number of rotatable bonds is 4. The molecule has 0 spiro atoms. The largest absolute Gasteiger partial charge is 0.385 e. The second-order valence-electron chi connectivity index (χ2n) is 6.89. The molecule has 2 atom stereocenters. The third kappa shape index (κ3) is 3.84. The number of likely N-dealkylation sites (tertiary alicyclic amines) is 1. The summed E-state index contributed by atoms with van der Waals surface area (Å²) in [5, 5.41) is 17.3. The fraction of sp³-hybridized carbons (Fsp3) is 0.588. The third-order valence-corrected chi connectivity index (χ3v) is 4.65. The average Bonchev–Trinajstić information content (AvgIpc) is 3.23. The van der Waals surface area contributed by atoms with Crippen LogP contribution in [0.4, 0.5) is 10.6 Å². The molecule has 3 rings (SSSR count). The monoisotopic (exact) mass is 347 g/mol. The normalized spacial score (nSPS) is 19.2. The van der Waals surface area contributed by atoms with E-state index in [0.29, 0.717) is 24.7 Å². The number of hydrogen-bond acceptors (Lipinski definition) is 5. The number of urea groups is 1. The molecule has 1 aliphatic rings. The SMILES string of the molecule is CC(C)c1cc(NC(=O)N2CCCC(C(O)c3nccn3C)C2)no1. The summed E-state index contributed by atoms with van der Waals surface area (Å²) < 4.78 is 7.01. The van der Waals surface area contributed by atoms with Crippen LogP contribution in [0, 0.1) is 5.92 Å². The average molecular weight is 347 g/mol. The summed E-state index contributed by atoms with van der Waals surface area (Å²) in [6, 6.07) is 1.52. The van der Waals surface area contributed by atoms with Gasteiger partial charge in [-0.05, 0) is 12.8 Å². The molecule has 0 saturated carbocycles. The summed E-state index contributed by atoms with van der Waals surface area (Å²) >= 11 is 0. The van der Waals surface area contributed by atoms with Gasteiger partial charge in [-0.2, -0.15) is 0 Å². The quantitative estimate of drug-likeness (QED) is 0.886.